The maximum Gasteiger partial charge on any atom is 0.207 e. The molecule has 1 atom stereocenters. The fraction of sp³-hybridized carbons (Fsp3) is 0.0476. The summed E-state index contributed by atoms with van der Waals surface area (Å²) >= 11 is 0. The van der Waals surface area contributed by atoms with Gasteiger partial charge in [-0.05, 0) is 24.3 Å². The normalized spacial score (nSPS) is 11.3. The Kier molecular flexibility index (Phi) is 4.69. The van der Waals surface area contributed by atoms with Gasteiger partial charge in [-0.25, -0.2) is 0 Å². The average molecular weight is 313 g/mol. The van der Waals surface area contributed by atoms with E-state index in [1.165, 1.54) is 0 Å². The third kappa shape index (κ3) is 3.50. The van der Waals surface area contributed by atoms with Gasteiger partial charge in [0.05, 0.1) is 11.6 Å². The molecular weight excluding hydrogens is 298 g/mol. The lowest BCUT2D eigenvalue weighted by atomic mass is 10.00. The molecule has 0 aromatic heterocycles. The Morgan fingerprint density at radius 3 is 2.00 bits per heavy atom. The van der Waals surface area contributed by atoms with Crippen molar-refractivity contribution < 1.29 is 9.53 Å². The van der Waals surface area contributed by atoms with Gasteiger partial charge in [0, 0.05) is 11.1 Å². The quantitative estimate of drug-likeness (QED) is 0.649. The SMILES string of the molecule is N#Cc1ccc(O[C@@H](C(=O)c2ccccc2)c2ccccc2)cc1. The number of nitrogens with zero attached hydrogens (tertiary/aromatic N) is 1. The first-order chi connectivity index (χ1) is 11.8. The van der Waals surface area contributed by atoms with Gasteiger partial charge in [-0.15, -0.1) is 0 Å². The molecule has 0 saturated heterocycles. The van der Waals surface area contributed by atoms with Crippen molar-refractivity contribution in [2.75, 3.05) is 0 Å². The van der Waals surface area contributed by atoms with Gasteiger partial charge in [-0.3, -0.25) is 4.79 Å². The molecule has 0 saturated carbocycles. The zero-order valence-corrected chi connectivity index (χ0v) is 12.9. The highest BCUT2D eigenvalue weighted by Crippen LogP contribution is 2.26. The smallest absolute Gasteiger partial charge is 0.207 e. The monoisotopic (exact) mass is 313 g/mol. The highest BCUT2D eigenvalue weighted by molar-refractivity contribution is 6.00. The van der Waals surface area contributed by atoms with E-state index in [1.54, 1.807) is 36.4 Å². The van der Waals surface area contributed by atoms with E-state index in [0.717, 1.165) is 5.56 Å². The summed E-state index contributed by atoms with van der Waals surface area (Å²) in [5.74, 6) is 0.443. The first-order valence-corrected chi connectivity index (χ1v) is 7.59. The average Bonchev–Trinajstić information content (AvgIpc) is 2.67. The second kappa shape index (κ2) is 7.26. The minimum atomic E-state index is -0.735. The van der Waals surface area contributed by atoms with E-state index in [9.17, 15) is 4.79 Å². The van der Waals surface area contributed by atoms with Gasteiger partial charge >= 0.3 is 0 Å². The Balaban J connectivity index is 1.93. The number of ether oxygens (including phenoxy) is 1. The molecule has 3 heteroatoms. The molecule has 3 rings (SSSR count). The summed E-state index contributed by atoms with van der Waals surface area (Å²) < 4.78 is 5.96. The predicted molar refractivity (Wildman–Crippen MR) is 91.7 cm³/mol. The molecule has 116 valence electrons. The van der Waals surface area contributed by atoms with Crippen LogP contribution >= 0.6 is 0 Å². The molecule has 0 aliphatic heterocycles. The molecular formula is C21H15NO2. The minimum Gasteiger partial charge on any atom is -0.478 e. The number of ketones is 1. The number of carbonyl (C=O) groups is 1. The molecule has 0 spiro atoms. The largest absolute Gasteiger partial charge is 0.478 e. The molecule has 0 aliphatic carbocycles. The minimum absolute atomic E-state index is 0.105. The molecule has 0 fully saturated rings. The topological polar surface area (TPSA) is 50.1 Å². The lowest BCUT2D eigenvalue weighted by molar-refractivity contribution is 0.0792. The Morgan fingerprint density at radius 2 is 1.42 bits per heavy atom. The summed E-state index contributed by atoms with van der Waals surface area (Å²) in [6, 6.07) is 27.3. The zero-order chi connectivity index (χ0) is 16.8. The van der Waals surface area contributed by atoms with Gasteiger partial charge in [0.15, 0.2) is 6.10 Å². The van der Waals surface area contributed by atoms with Gasteiger partial charge < -0.3 is 4.74 Å². The number of benzene rings is 3. The van der Waals surface area contributed by atoms with Crippen molar-refractivity contribution in [3.05, 3.63) is 102 Å². The van der Waals surface area contributed by atoms with Gasteiger partial charge in [0.1, 0.15) is 5.75 Å². The van der Waals surface area contributed by atoms with E-state index < -0.39 is 6.10 Å². The fourth-order valence-corrected chi connectivity index (χ4v) is 2.40. The first kappa shape index (κ1) is 15.5. The molecule has 0 bridgehead atoms. The van der Waals surface area contributed by atoms with Crippen molar-refractivity contribution in [3.8, 4) is 11.8 Å². The van der Waals surface area contributed by atoms with Crippen LogP contribution in [0.3, 0.4) is 0 Å². The number of hydrogen-bond acceptors (Lipinski definition) is 3. The highest BCUT2D eigenvalue weighted by Gasteiger charge is 2.23. The molecule has 0 amide bonds. The zero-order valence-electron chi connectivity index (χ0n) is 12.9. The summed E-state index contributed by atoms with van der Waals surface area (Å²) in [7, 11) is 0. The standard InChI is InChI=1S/C21H15NO2/c22-15-16-11-13-19(14-12-16)24-21(18-9-5-2-6-10-18)20(23)17-7-3-1-4-8-17/h1-14,21H/t21-/m1/s1. The molecule has 0 radical (unpaired) electrons. The molecule has 0 unspecified atom stereocenters. The van der Waals surface area contributed by atoms with Crippen LogP contribution in [0.15, 0.2) is 84.9 Å². The van der Waals surface area contributed by atoms with Crippen LogP contribution in [0.25, 0.3) is 0 Å². The van der Waals surface area contributed by atoms with Crippen molar-refractivity contribution in [3.63, 3.8) is 0 Å². The van der Waals surface area contributed by atoms with Crippen LogP contribution in [0.2, 0.25) is 0 Å². The van der Waals surface area contributed by atoms with Crippen LogP contribution in [0.1, 0.15) is 27.6 Å². The number of rotatable bonds is 5. The van der Waals surface area contributed by atoms with Crippen molar-refractivity contribution in [2.24, 2.45) is 0 Å². The molecule has 0 heterocycles. The van der Waals surface area contributed by atoms with Gasteiger partial charge in [0.25, 0.3) is 0 Å². The third-order valence-electron chi connectivity index (χ3n) is 3.64. The van der Waals surface area contributed by atoms with Crippen molar-refractivity contribution in [2.45, 2.75) is 6.10 Å². The summed E-state index contributed by atoms with van der Waals surface area (Å²) in [4.78, 5) is 12.9. The summed E-state index contributed by atoms with van der Waals surface area (Å²) in [6.45, 7) is 0. The number of nitriles is 1. The number of Topliss-reactive ketones (excluding diaryl/α,β-unsaturated/α-hetero) is 1. The van der Waals surface area contributed by atoms with Crippen molar-refractivity contribution >= 4 is 5.78 Å². The predicted octanol–water partition coefficient (Wildman–Crippen LogP) is 4.56. The maximum atomic E-state index is 12.9. The van der Waals surface area contributed by atoms with Crippen molar-refractivity contribution in [1.82, 2.24) is 0 Å². The second-order valence-electron chi connectivity index (χ2n) is 5.28. The van der Waals surface area contributed by atoms with Crippen LogP contribution < -0.4 is 4.74 Å². The van der Waals surface area contributed by atoms with Gasteiger partial charge in [-0.2, -0.15) is 5.26 Å². The number of carbonyl (C=O) groups excluding carboxylic acids is 1. The Bertz CT molecular complexity index is 850. The van der Waals surface area contributed by atoms with Crippen molar-refractivity contribution in [1.29, 1.82) is 5.26 Å². The van der Waals surface area contributed by atoms with E-state index in [0.29, 0.717) is 16.9 Å². The first-order valence-electron chi connectivity index (χ1n) is 7.59. The molecule has 3 aromatic rings. The van der Waals surface area contributed by atoms with Crippen LogP contribution in [-0.2, 0) is 0 Å². The van der Waals surface area contributed by atoms with E-state index in [2.05, 4.69) is 6.07 Å². The van der Waals surface area contributed by atoms with Crippen LogP contribution in [0.5, 0.6) is 5.75 Å². The van der Waals surface area contributed by atoms with E-state index in [-0.39, 0.29) is 5.78 Å². The molecule has 3 aromatic carbocycles. The van der Waals surface area contributed by atoms with Gasteiger partial charge in [-0.1, -0.05) is 60.7 Å². The lowest BCUT2D eigenvalue weighted by Crippen LogP contribution is -2.19. The molecule has 3 nitrogen and oxygen atoms in total. The Labute approximate surface area is 140 Å². The van der Waals surface area contributed by atoms with Crippen LogP contribution in [0.4, 0.5) is 0 Å². The van der Waals surface area contributed by atoms with E-state index in [1.807, 2.05) is 48.5 Å². The second-order valence-corrected chi connectivity index (χ2v) is 5.28. The maximum absolute atomic E-state index is 12.9. The van der Waals surface area contributed by atoms with E-state index >= 15 is 0 Å². The number of hydrogen-bond donors (Lipinski definition) is 0. The summed E-state index contributed by atoms with van der Waals surface area (Å²) in [5.41, 5.74) is 1.93. The molecule has 0 aliphatic rings. The molecule has 24 heavy (non-hydrogen) atoms. The summed E-state index contributed by atoms with van der Waals surface area (Å²) in [5, 5.41) is 8.88. The Morgan fingerprint density at radius 1 is 0.833 bits per heavy atom. The lowest BCUT2D eigenvalue weighted by Gasteiger charge is -2.18. The van der Waals surface area contributed by atoms with Crippen LogP contribution in [-0.4, -0.2) is 5.78 Å². The van der Waals surface area contributed by atoms with Gasteiger partial charge in [0.2, 0.25) is 5.78 Å². The molecule has 0 N–H and O–H groups in total. The summed E-state index contributed by atoms with van der Waals surface area (Å²) in [6.07, 6.45) is -0.735. The highest BCUT2D eigenvalue weighted by atomic mass is 16.5. The van der Waals surface area contributed by atoms with E-state index in [4.69, 9.17) is 10.00 Å². The third-order valence-corrected chi connectivity index (χ3v) is 3.64. The Hall–Kier alpha value is -3.38. The fourth-order valence-electron chi connectivity index (χ4n) is 2.40. The van der Waals surface area contributed by atoms with Crippen LogP contribution in [0, 0.1) is 11.3 Å².